The van der Waals surface area contributed by atoms with Crippen molar-refractivity contribution in [2.75, 3.05) is 0 Å². The van der Waals surface area contributed by atoms with E-state index in [1.807, 2.05) is 30.4 Å². The lowest BCUT2D eigenvalue weighted by Gasteiger charge is -2.22. The van der Waals surface area contributed by atoms with Gasteiger partial charge in [-0.3, -0.25) is 0 Å². The molecule has 17 heavy (non-hydrogen) atoms. The maximum Gasteiger partial charge on any atom is 0.275 e. The first-order chi connectivity index (χ1) is 8.36. The number of hydrogen-bond acceptors (Lipinski definition) is 2. The van der Waals surface area contributed by atoms with Gasteiger partial charge in [-0.25, -0.2) is 0 Å². The minimum Gasteiger partial charge on any atom is -0.440 e. The summed E-state index contributed by atoms with van der Waals surface area (Å²) in [7, 11) is 0.0207. The Kier molecular flexibility index (Phi) is 2.74. The summed E-state index contributed by atoms with van der Waals surface area (Å²) in [6, 6.07) is 8.12. The van der Waals surface area contributed by atoms with Crippen LogP contribution in [0.5, 0.6) is 5.75 Å². The highest BCUT2D eigenvalue weighted by molar-refractivity contribution is 7.26. The van der Waals surface area contributed by atoms with Gasteiger partial charge in [0.25, 0.3) is 9.03 Å². The third kappa shape index (κ3) is 1.89. The second-order valence-electron chi connectivity index (χ2n) is 4.05. The summed E-state index contributed by atoms with van der Waals surface area (Å²) in [4.78, 5) is 0. The van der Waals surface area contributed by atoms with E-state index in [0.29, 0.717) is 0 Å². The summed E-state index contributed by atoms with van der Waals surface area (Å²) in [5.41, 5.74) is 3.66. The number of para-hydroxylation sites is 1. The number of rotatable bonds is 0. The van der Waals surface area contributed by atoms with E-state index < -0.39 is 0 Å². The van der Waals surface area contributed by atoms with Crippen molar-refractivity contribution < 1.29 is 9.05 Å². The molecule has 0 saturated heterocycles. The Morgan fingerprint density at radius 3 is 3.00 bits per heavy atom. The second-order valence-corrected chi connectivity index (χ2v) is 4.63. The van der Waals surface area contributed by atoms with Crippen molar-refractivity contribution in [1.82, 2.24) is 0 Å². The largest absolute Gasteiger partial charge is 0.440 e. The molecule has 1 heterocycles. The average molecular weight is 244 g/mol. The number of fused-ring (bicyclic) bond motifs is 2. The molecule has 3 rings (SSSR count). The highest BCUT2D eigenvalue weighted by Crippen LogP contribution is 2.40. The molecule has 1 aliphatic heterocycles. The van der Waals surface area contributed by atoms with Crippen molar-refractivity contribution in [3.05, 3.63) is 59.4 Å². The molecular weight excluding hydrogens is 231 g/mol. The lowest BCUT2D eigenvalue weighted by atomic mass is 9.95. The quantitative estimate of drug-likeness (QED) is 0.636. The first-order valence-electron chi connectivity index (χ1n) is 5.61. The molecule has 0 aromatic heterocycles. The van der Waals surface area contributed by atoms with Crippen LogP contribution < -0.4 is 4.52 Å². The monoisotopic (exact) mass is 244 g/mol. The SMILES string of the molecule is C/C1=C2\CC=CC=C2OPOc2ccccc21. The molecule has 0 fully saturated rings. The minimum atomic E-state index is 0.0207. The van der Waals surface area contributed by atoms with Gasteiger partial charge in [0.2, 0.25) is 0 Å². The van der Waals surface area contributed by atoms with Crippen molar-refractivity contribution in [2.45, 2.75) is 13.3 Å². The first kappa shape index (κ1) is 10.6. The van der Waals surface area contributed by atoms with Crippen LogP contribution in [-0.4, -0.2) is 0 Å². The fourth-order valence-corrected chi connectivity index (χ4v) is 2.71. The van der Waals surface area contributed by atoms with Crippen LogP contribution in [-0.2, 0) is 4.52 Å². The number of benzene rings is 1. The Morgan fingerprint density at radius 1 is 1.18 bits per heavy atom. The third-order valence-corrected chi connectivity index (χ3v) is 3.66. The number of hydrogen-bond donors (Lipinski definition) is 0. The fraction of sp³-hybridized carbons (Fsp3) is 0.143. The van der Waals surface area contributed by atoms with Crippen LogP contribution in [0.1, 0.15) is 18.9 Å². The van der Waals surface area contributed by atoms with Gasteiger partial charge in [-0.1, -0.05) is 30.4 Å². The van der Waals surface area contributed by atoms with E-state index in [2.05, 4.69) is 19.1 Å². The molecule has 1 aliphatic carbocycles. The standard InChI is InChI=1S/C14H13O2P/c1-10-11-6-2-4-8-13(11)15-17-16-14-9-5-3-7-12(10)14/h2-6,8-9,17H,7H2,1H3/b12-10-. The van der Waals surface area contributed by atoms with Crippen molar-refractivity contribution in [3.63, 3.8) is 0 Å². The fourth-order valence-electron chi connectivity index (χ4n) is 2.11. The van der Waals surface area contributed by atoms with E-state index in [1.54, 1.807) is 0 Å². The number of allylic oxidation sites excluding steroid dienone is 5. The van der Waals surface area contributed by atoms with E-state index >= 15 is 0 Å². The lowest BCUT2D eigenvalue weighted by Crippen LogP contribution is -2.01. The summed E-state index contributed by atoms with van der Waals surface area (Å²) in [5, 5.41) is 0. The second kappa shape index (κ2) is 4.38. The molecule has 0 saturated carbocycles. The molecule has 1 aromatic rings. The smallest absolute Gasteiger partial charge is 0.275 e. The van der Waals surface area contributed by atoms with Gasteiger partial charge in [-0.15, -0.1) is 0 Å². The highest BCUT2D eigenvalue weighted by atomic mass is 31.1. The van der Waals surface area contributed by atoms with Gasteiger partial charge in [0, 0.05) is 11.1 Å². The van der Waals surface area contributed by atoms with Crippen molar-refractivity contribution in [1.29, 1.82) is 0 Å². The molecular formula is C14H13O2P. The zero-order chi connectivity index (χ0) is 11.7. The topological polar surface area (TPSA) is 18.5 Å². The molecule has 1 unspecified atom stereocenters. The zero-order valence-electron chi connectivity index (χ0n) is 9.57. The minimum absolute atomic E-state index is 0.0207. The van der Waals surface area contributed by atoms with Crippen LogP contribution in [0.3, 0.4) is 0 Å². The average Bonchev–Trinajstić information content (AvgIpc) is 2.37. The van der Waals surface area contributed by atoms with Crippen LogP contribution >= 0.6 is 9.03 Å². The van der Waals surface area contributed by atoms with Gasteiger partial charge in [0.05, 0.1) is 0 Å². The zero-order valence-corrected chi connectivity index (χ0v) is 10.6. The van der Waals surface area contributed by atoms with Crippen molar-refractivity contribution in [2.24, 2.45) is 0 Å². The summed E-state index contributed by atoms with van der Waals surface area (Å²) < 4.78 is 11.3. The van der Waals surface area contributed by atoms with Crippen molar-refractivity contribution >= 4 is 14.6 Å². The lowest BCUT2D eigenvalue weighted by molar-refractivity contribution is 0.429. The molecule has 3 heteroatoms. The molecule has 0 amide bonds. The molecule has 86 valence electrons. The highest BCUT2D eigenvalue weighted by Gasteiger charge is 2.18. The van der Waals surface area contributed by atoms with Crippen LogP contribution in [0.15, 0.2) is 53.8 Å². The van der Waals surface area contributed by atoms with Crippen LogP contribution in [0, 0.1) is 0 Å². The summed E-state index contributed by atoms with van der Waals surface area (Å²) in [5.74, 6) is 1.85. The van der Waals surface area contributed by atoms with E-state index in [1.165, 1.54) is 16.7 Å². The van der Waals surface area contributed by atoms with Gasteiger partial charge in [-0.05, 0) is 31.1 Å². The molecule has 0 bridgehead atoms. The Balaban J connectivity index is 2.18. The van der Waals surface area contributed by atoms with Gasteiger partial charge in [-0.2, -0.15) is 0 Å². The third-order valence-electron chi connectivity index (χ3n) is 3.05. The predicted molar refractivity (Wildman–Crippen MR) is 70.9 cm³/mol. The first-order valence-corrected chi connectivity index (χ1v) is 6.43. The Hall–Kier alpha value is -1.53. The van der Waals surface area contributed by atoms with Gasteiger partial charge < -0.3 is 9.05 Å². The Bertz CT molecular complexity index is 541. The van der Waals surface area contributed by atoms with Gasteiger partial charge in [0.1, 0.15) is 11.5 Å². The molecule has 1 atom stereocenters. The van der Waals surface area contributed by atoms with Gasteiger partial charge >= 0.3 is 0 Å². The molecule has 2 aliphatic rings. The normalized spacial score (nSPS) is 23.7. The molecule has 0 N–H and O–H groups in total. The van der Waals surface area contributed by atoms with E-state index in [4.69, 9.17) is 9.05 Å². The molecule has 0 radical (unpaired) electrons. The molecule has 2 nitrogen and oxygen atoms in total. The van der Waals surface area contributed by atoms with Crippen LogP contribution in [0.25, 0.3) is 5.57 Å². The van der Waals surface area contributed by atoms with E-state index in [-0.39, 0.29) is 9.03 Å². The van der Waals surface area contributed by atoms with Gasteiger partial charge in [0.15, 0.2) is 0 Å². The Labute approximate surface area is 103 Å². The van der Waals surface area contributed by atoms with Crippen LogP contribution in [0.4, 0.5) is 0 Å². The maximum atomic E-state index is 5.67. The summed E-state index contributed by atoms with van der Waals surface area (Å²) in [6.45, 7) is 2.13. The molecule has 1 aromatic carbocycles. The van der Waals surface area contributed by atoms with Crippen molar-refractivity contribution in [3.8, 4) is 5.75 Å². The summed E-state index contributed by atoms with van der Waals surface area (Å²) in [6.07, 6.45) is 7.12. The molecule has 0 spiro atoms. The Morgan fingerprint density at radius 2 is 2.06 bits per heavy atom. The maximum absolute atomic E-state index is 5.67. The van der Waals surface area contributed by atoms with E-state index in [9.17, 15) is 0 Å². The van der Waals surface area contributed by atoms with Crippen LogP contribution in [0.2, 0.25) is 0 Å². The predicted octanol–water partition coefficient (Wildman–Crippen LogP) is 4.22. The van der Waals surface area contributed by atoms with E-state index in [0.717, 1.165) is 17.9 Å². The summed E-state index contributed by atoms with van der Waals surface area (Å²) >= 11 is 0.